The number of rotatable bonds is 7. The number of carbonyl (C=O) groups excluding carboxylic acids is 2. The summed E-state index contributed by atoms with van der Waals surface area (Å²) in [4.78, 5) is 27.5. The molecule has 0 aliphatic carbocycles. The molecular weight excluding hydrogens is 260 g/mol. The first-order chi connectivity index (χ1) is 9.58. The molecule has 1 aromatic rings. The van der Waals surface area contributed by atoms with Gasteiger partial charge in [-0.05, 0) is 13.0 Å². The van der Waals surface area contributed by atoms with E-state index in [0.717, 1.165) is 5.56 Å². The van der Waals surface area contributed by atoms with Gasteiger partial charge in [-0.2, -0.15) is 0 Å². The number of amides is 2. The minimum absolute atomic E-state index is 0.0670. The molecule has 1 rings (SSSR count). The molecule has 0 spiro atoms. The van der Waals surface area contributed by atoms with E-state index in [0.29, 0.717) is 12.4 Å². The first kappa shape index (κ1) is 16.0. The fourth-order valence-corrected chi connectivity index (χ4v) is 1.88. The highest BCUT2D eigenvalue weighted by molar-refractivity contribution is 5.78. The van der Waals surface area contributed by atoms with Gasteiger partial charge in [0, 0.05) is 12.5 Å². The van der Waals surface area contributed by atoms with E-state index in [1.165, 1.54) is 14.0 Å². The summed E-state index contributed by atoms with van der Waals surface area (Å²) in [6.45, 7) is 3.79. The van der Waals surface area contributed by atoms with Gasteiger partial charge >= 0.3 is 0 Å². The maximum atomic E-state index is 11.6. The van der Waals surface area contributed by atoms with Crippen molar-refractivity contribution in [3.63, 3.8) is 0 Å². The summed E-state index contributed by atoms with van der Waals surface area (Å²) in [5.74, 6) is 0.114. The second-order valence-electron chi connectivity index (χ2n) is 4.16. The molecule has 6 nitrogen and oxygen atoms in total. The Bertz CT molecular complexity index is 462. The summed E-state index contributed by atoms with van der Waals surface area (Å²) in [5, 5.41) is 2.75. The summed E-state index contributed by atoms with van der Waals surface area (Å²) in [5.41, 5.74) is 3.00. The van der Waals surface area contributed by atoms with E-state index in [-0.39, 0.29) is 18.2 Å². The Balaban J connectivity index is 2.97. The maximum absolute atomic E-state index is 11.6. The van der Waals surface area contributed by atoms with Gasteiger partial charge < -0.3 is 10.1 Å². The van der Waals surface area contributed by atoms with E-state index in [1.807, 2.05) is 31.2 Å². The number of hydrogen-bond donors (Lipinski definition) is 2. The predicted octanol–water partition coefficient (Wildman–Crippen LogP) is 1.33. The van der Waals surface area contributed by atoms with Crippen molar-refractivity contribution in [3.8, 4) is 5.75 Å². The number of carbonyl (C=O) groups is 2. The van der Waals surface area contributed by atoms with Crippen molar-refractivity contribution >= 4 is 11.8 Å². The van der Waals surface area contributed by atoms with Crippen LogP contribution in [0, 0.1) is 0 Å². The van der Waals surface area contributed by atoms with Crippen LogP contribution in [0.15, 0.2) is 24.3 Å². The zero-order valence-corrected chi connectivity index (χ0v) is 11.9. The van der Waals surface area contributed by atoms with Crippen LogP contribution in [0.3, 0.4) is 0 Å². The highest BCUT2D eigenvalue weighted by atomic mass is 16.6. The molecule has 0 bridgehead atoms. The van der Waals surface area contributed by atoms with Crippen LogP contribution in [0.1, 0.15) is 31.9 Å². The molecule has 0 aliphatic heterocycles. The largest absolute Gasteiger partial charge is 0.494 e. The maximum Gasteiger partial charge on any atom is 0.245 e. The number of hydrogen-bond acceptors (Lipinski definition) is 4. The molecule has 0 radical (unpaired) electrons. The molecule has 0 aliphatic rings. The smallest absolute Gasteiger partial charge is 0.245 e. The second-order valence-corrected chi connectivity index (χ2v) is 4.16. The monoisotopic (exact) mass is 280 g/mol. The van der Waals surface area contributed by atoms with Gasteiger partial charge in [-0.3, -0.25) is 14.4 Å². The summed E-state index contributed by atoms with van der Waals surface area (Å²) in [6.07, 6.45) is 0.0670. The number of ether oxygens (including phenoxy) is 1. The lowest BCUT2D eigenvalue weighted by Gasteiger charge is -2.20. The van der Waals surface area contributed by atoms with Crippen molar-refractivity contribution in [2.75, 3.05) is 13.7 Å². The molecule has 1 atom stereocenters. The van der Waals surface area contributed by atoms with Gasteiger partial charge in [0.1, 0.15) is 5.75 Å². The molecule has 0 aromatic heterocycles. The van der Waals surface area contributed by atoms with Crippen LogP contribution in [-0.4, -0.2) is 25.5 Å². The Kier molecular flexibility index (Phi) is 6.52. The van der Waals surface area contributed by atoms with Gasteiger partial charge in [0.15, 0.2) is 0 Å². The van der Waals surface area contributed by atoms with Crippen molar-refractivity contribution in [1.29, 1.82) is 0 Å². The first-order valence-corrected chi connectivity index (χ1v) is 6.39. The zero-order valence-electron chi connectivity index (χ0n) is 11.9. The van der Waals surface area contributed by atoms with E-state index < -0.39 is 6.04 Å². The number of hydroxylamine groups is 1. The fourth-order valence-electron chi connectivity index (χ4n) is 1.88. The molecule has 2 N–H and O–H groups in total. The van der Waals surface area contributed by atoms with Gasteiger partial charge in [-0.15, -0.1) is 0 Å². The molecular formula is C14H20N2O4. The van der Waals surface area contributed by atoms with Crippen LogP contribution in [0.2, 0.25) is 0 Å². The van der Waals surface area contributed by atoms with E-state index in [4.69, 9.17) is 4.74 Å². The Morgan fingerprint density at radius 1 is 1.30 bits per heavy atom. The zero-order chi connectivity index (χ0) is 15.0. The van der Waals surface area contributed by atoms with E-state index in [1.54, 1.807) is 0 Å². The summed E-state index contributed by atoms with van der Waals surface area (Å²) < 4.78 is 5.53. The molecule has 20 heavy (non-hydrogen) atoms. The minimum Gasteiger partial charge on any atom is -0.494 e. The lowest BCUT2D eigenvalue weighted by Crippen LogP contribution is -2.32. The van der Waals surface area contributed by atoms with E-state index >= 15 is 0 Å². The van der Waals surface area contributed by atoms with Crippen molar-refractivity contribution in [2.24, 2.45) is 0 Å². The Labute approximate surface area is 118 Å². The van der Waals surface area contributed by atoms with E-state index in [2.05, 4.69) is 15.6 Å². The molecule has 0 heterocycles. The molecule has 1 aromatic carbocycles. The summed E-state index contributed by atoms with van der Waals surface area (Å²) in [6, 6.07) is 6.84. The van der Waals surface area contributed by atoms with Gasteiger partial charge in [-0.25, -0.2) is 5.48 Å². The van der Waals surface area contributed by atoms with Gasteiger partial charge in [0.05, 0.1) is 26.2 Å². The number of benzene rings is 1. The molecule has 6 heteroatoms. The fraction of sp³-hybridized carbons (Fsp3) is 0.429. The molecule has 0 saturated carbocycles. The SMILES string of the molecule is CCOc1ccccc1[C@@H](CC(=O)NOC)NC(C)=O. The Morgan fingerprint density at radius 2 is 2.00 bits per heavy atom. The second kappa shape index (κ2) is 8.16. The normalized spacial score (nSPS) is 11.6. The van der Waals surface area contributed by atoms with Gasteiger partial charge in [0.2, 0.25) is 11.8 Å². The third-order valence-electron chi connectivity index (χ3n) is 2.58. The Hall–Kier alpha value is -2.08. The highest BCUT2D eigenvalue weighted by Gasteiger charge is 2.20. The topological polar surface area (TPSA) is 76.7 Å². The van der Waals surface area contributed by atoms with Crippen LogP contribution in [0.5, 0.6) is 5.75 Å². The van der Waals surface area contributed by atoms with Crippen LogP contribution < -0.4 is 15.5 Å². The third kappa shape index (κ3) is 4.89. The minimum atomic E-state index is -0.467. The lowest BCUT2D eigenvalue weighted by molar-refractivity contribution is -0.132. The molecule has 0 fully saturated rings. The number of para-hydroxylation sites is 1. The quantitative estimate of drug-likeness (QED) is 0.739. The van der Waals surface area contributed by atoms with Gasteiger partial charge in [-0.1, -0.05) is 18.2 Å². The van der Waals surface area contributed by atoms with Crippen molar-refractivity contribution in [1.82, 2.24) is 10.8 Å². The average Bonchev–Trinajstić information content (AvgIpc) is 2.39. The van der Waals surface area contributed by atoms with Gasteiger partial charge in [0.25, 0.3) is 0 Å². The van der Waals surface area contributed by atoms with Crippen LogP contribution >= 0.6 is 0 Å². The average molecular weight is 280 g/mol. The molecule has 110 valence electrons. The number of nitrogens with one attached hydrogen (secondary N) is 2. The van der Waals surface area contributed by atoms with E-state index in [9.17, 15) is 9.59 Å². The van der Waals surface area contributed by atoms with Crippen LogP contribution in [0.4, 0.5) is 0 Å². The van der Waals surface area contributed by atoms with Crippen LogP contribution in [-0.2, 0) is 14.4 Å². The van der Waals surface area contributed by atoms with Crippen molar-refractivity contribution in [3.05, 3.63) is 29.8 Å². The lowest BCUT2D eigenvalue weighted by atomic mass is 10.0. The Morgan fingerprint density at radius 3 is 2.60 bits per heavy atom. The third-order valence-corrected chi connectivity index (χ3v) is 2.58. The van der Waals surface area contributed by atoms with Crippen molar-refractivity contribution in [2.45, 2.75) is 26.3 Å². The summed E-state index contributed by atoms with van der Waals surface area (Å²) >= 11 is 0. The molecule has 0 unspecified atom stereocenters. The first-order valence-electron chi connectivity index (χ1n) is 6.39. The summed E-state index contributed by atoms with van der Waals surface area (Å²) in [7, 11) is 1.36. The molecule has 2 amide bonds. The van der Waals surface area contributed by atoms with Crippen molar-refractivity contribution < 1.29 is 19.2 Å². The van der Waals surface area contributed by atoms with Crippen LogP contribution in [0.25, 0.3) is 0 Å². The predicted molar refractivity (Wildman–Crippen MR) is 73.9 cm³/mol. The standard InChI is InChI=1S/C14H20N2O4/c1-4-20-13-8-6-5-7-11(13)12(15-10(2)17)9-14(18)16-19-3/h5-8,12H,4,9H2,1-3H3,(H,15,17)(H,16,18)/t12-/m1/s1. The molecule has 0 saturated heterocycles. The highest BCUT2D eigenvalue weighted by Crippen LogP contribution is 2.27.